The van der Waals surface area contributed by atoms with E-state index in [-0.39, 0.29) is 23.6 Å². The Hall–Kier alpha value is -2.49. The van der Waals surface area contributed by atoms with Crippen LogP contribution in [-0.2, 0) is 19.4 Å². The molecular formula is C20H22FNO6S. The Kier molecular flexibility index (Phi) is 6.21. The van der Waals surface area contributed by atoms with Crippen molar-refractivity contribution in [3.63, 3.8) is 0 Å². The van der Waals surface area contributed by atoms with E-state index in [2.05, 4.69) is 0 Å². The monoisotopic (exact) mass is 423 g/mol. The van der Waals surface area contributed by atoms with Gasteiger partial charge < -0.3 is 9.47 Å². The quantitative estimate of drug-likeness (QED) is 0.524. The van der Waals surface area contributed by atoms with Crippen LogP contribution in [0.3, 0.4) is 0 Å². The average molecular weight is 423 g/mol. The lowest BCUT2D eigenvalue weighted by Crippen LogP contribution is -2.54. The Morgan fingerprint density at radius 1 is 1.07 bits per heavy atom. The number of carbonyl (C=O) groups is 1. The largest absolute Gasteiger partial charge is 0.457 e. The molecule has 1 saturated carbocycles. The number of carbonyl (C=O) groups excluding carboxylic acids is 1. The molecule has 29 heavy (non-hydrogen) atoms. The fourth-order valence-corrected chi connectivity index (χ4v) is 6.10. The summed E-state index contributed by atoms with van der Waals surface area (Å²) >= 11 is 0. The van der Waals surface area contributed by atoms with Crippen molar-refractivity contribution >= 4 is 15.7 Å². The number of benzene rings is 2. The lowest BCUT2D eigenvalue weighted by Gasteiger charge is -2.34. The highest BCUT2D eigenvalue weighted by molar-refractivity contribution is 7.93. The first kappa shape index (κ1) is 21.2. The van der Waals surface area contributed by atoms with E-state index < -0.39 is 26.6 Å². The topological polar surface area (TPSA) is 102 Å². The minimum absolute atomic E-state index is 0.0265. The van der Waals surface area contributed by atoms with Crippen LogP contribution in [0.4, 0.5) is 4.39 Å². The van der Waals surface area contributed by atoms with Gasteiger partial charge in [-0.15, -0.1) is 0 Å². The van der Waals surface area contributed by atoms with Crippen LogP contribution in [0.1, 0.15) is 25.7 Å². The van der Waals surface area contributed by atoms with Gasteiger partial charge in [0.15, 0.2) is 15.9 Å². The number of halogens is 1. The zero-order chi connectivity index (χ0) is 21.1. The van der Waals surface area contributed by atoms with Gasteiger partial charge in [0, 0.05) is 7.11 Å². The number of sulfone groups is 1. The molecule has 156 valence electrons. The van der Waals surface area contributed by atoms with Gasteiger partial charge in [-0.2, -0.15) is 0 Å². The Morgan fingerprint density at radius 3 is 2.07 bits per heavy atom. The van der Waals surface area contributed by atoms with Crippen LogP contribution in [0.2, 0.25) is 0 Å². The number of methoxy groups -OCH3 is 1. The van der Waals surface area contributed by atoms with Crippen molar-refractivity contribution in [2.75, 3.05) is 7.11 Å². The first-order valence-electron chi connectivity index (χ1n) is 9.09. The van der Waals surface area contributed by atoms with E-state index in [9.17, 15) is 17.6 Å². The molecule has 0 aromatic heterocycles. The predicted octanol–water partition coefficient (Wildman–Crippen LogP) is 3.22. The molecule has 2 aromatic carbocycles. The summed E-state index contributed by atoms with van der Waals surface area (Å²) in [5.74, 6) is -0.490. The number of hydrogen-bond acceptors (Lipinski definition) is 6. The molecule has 9 heteroatoms. The molecule has 7 nitrogen and oxygen atoms in total. The Balaban J connectivity index is 1.91. The second kappa shape index (κ2) is 8.48. The van der Waals surface area contributed by atoms with Crippen LogP contribution < -0.4 is 10.2 Å². The van der Waals surface area contributed by atoms with Gasteiger partial charge in [-0.05, 0) is 61.4 Å². The van der Waals surface area contributed by atoms with E-state index >= 15 is 0 Å². The first-order chi connectivity index (χ1) is 13.8. The number of hydrogen-bond donors (Lipinski definition) is 2. The minimum Gasteiger partial charge on any atom is -0.457 e. The molecule has 0 radical (unpaired) electrons. The van der Waals surface area contributed by atoms with Gasteiger partial charge in [0.2, 0.25) is 0 Å². The van der Waals surface area contributed by atoms with E-state index in [1.807, 2.05) is 0 Å². The molecule has 2 aromatic rings. The van der Waals surface area contributed by atoms with Crippen LogP contribution >= 0.6 is 0 Å². The zero-order valence-corrected chi connectivity index (χ0v) is 16.6. The van der Waals surface area contributed by atoms with Gasteiger partial charge in [-0.3, -0.25) is 10.0 Å². The molecule has 1 unspecified atom stereocenters. The Morgan fingerprint density at radius 2 is 1.59 bits per heavy atom. The van der Waals surface area contributed by atoms with E-state index in [0.717, 1.165) is 0 Å². The highest BCUT2D eigenvalue weighted by Crippen LogP contribution is 2.44. The second-order valence-corrected chi connectivity index (χ2v) is 9.19. The third-order valence-corrected chi connectivity index (χ3v) is 7.82. The highest BCUT2D eigenvalue weighted by Gasteiger charge is 2.55. The summed E-state index contributed by atoms with van der Waals surface area (Å²) in [5, 5.41) is 9.03. The van der Waals surface area contributed by atoms with Crippen LogP contribution in [0, 0.1) is 5.82 Å². The molecule has 1 fully saturated rings. The van der Waals surface area contributed by atoms with Gasteiger partial charge in [-0.1, -0.05) is 12.8 Å². The van der Waals surface area contributed by atoms with Gasteiger partial charge in [-0.25, -0.2) is 18.3 Å². The van der Waals surface area contributed by atoms with Crippen LogP contribution in [-0.4, -0.2) is 37.5 Å². The van der Waals surface area contributed by atoms with E-state index in [0.29, 0.717) is 24.3 Å². The number of amides is 1. The average Bonchev–Trinajstić information content (AvgIpc) is 3.22. The Labute approximate surface area is 168 Å². The summed E-state index contributed by atoms with van der Waals surface area (Å²) in [7, 11) is -2.72. The SMILES string of the molecule is COC(C(=O)NO)C1(S(=O)(=O)c2ccc(Oc3ccc(F)cc3)cc2)CCCC1. The first-order valence-corrected chi connectivity index (χ1v) is 10.6. The molecule has 1 aliphatic rings. The smallest absolute Gasteiger partial charge is 0.274 e. The molecular weight excluding hydrogens is 401 g/mol. The maximum Gasteiger partial charge on any atom is 0.274 e. The van der Waals surface area contributed by atoms with Crippen molar-refractivity contribution in [1.29, 1.82) is 0 Å². The molecule has 2 N–H and O–H groups in total. The molecule has 1 atom stereocenters. The van der Waals surface area contributed by atoms with Crippen LogP contribution in [0.25, 0.3) is 0 Å². The molecule has 0 heterocycles. The lowest BCUT2D eigenvalue weighted by molar-refractivity contribution is -0.141. The van der Waals surface area contributed by atoms with Crippen molar-refractivity contribution in [2.45, 2.75) is 41.4 Å². The number of ether oxygens (including phenoxy) is 2. The standard InChI is InChI=1S/C20H22FNO6S/c1-27-18(19(23)22-24)20(12-2-3-13-20)29(25,26)17-10-8-16(9-11-17)28-15-6-4-14(21)5-7-15/h4-11,18,24H,2-3,12-13H2,1H3,(H,22,23). The fourth-order valence-electron chi connectivity index (χ4n) is 3.82. The van der Waals surface area contributed by atoms with Crippen molar-refractivity contribution in [3.05, 3.63) is 54.3 Å². The van der Waals surface area contributed by atoms with Crippen LogP contribution in [0.15, 0.2) is 53.4 Å². The molecule has 0 saturated heterocycles. The molecule has 3 rings (SSSR count). The Bertz CT molecular complexity index is 953. The molecule has 0 aliphatic heterocycles. The van der Waals surface area contributed by atoms with E-state index in [1.54, 1.807) is 0 Å². The molecule has 0 bridgehead atoms. The summed E-state index contributed by atoms with van der Waals surface area (Å²) in [5.41, 5.74) is 1.51. The van der Waals surface area contributed by atoms with Crippen molar-refractivity contribution in [1.82, 2.24) is 5.48 Å². The number of nitrogens with one attached hydrogen (secondary N) is 1. The fraction of sp³-hybridized carbons (Fsp3) is 0.350. The maximum absolute atomic E-state index is 13.5. The second-order valence-electron chi connectivity index (χ2n) is 6.89. The summed E-state index contributed by atoms with van der Waals surface area (Å²) in [4.78, 5) is 12.1. The third-order valence-electron chi connectivity index (χ3n) is 5.23. The normalized spacial score (nSPS) is 16.9. The summed E-state index contributed by atoms with van der Waals surface area (Å²) in [6, 6.07) is 11.2. The van der Waals surface area contributed by atoms with E-state index in [1.165, 1.54) is 61.1 Å². The highest BCUT2D eigenvalue weighted by atomic mass is 32.2. The van der Waals surface area contributed by atoms with Crippen molar-refractivity contribution in [3.8, 4) is 11.5 Å². The van der Waals surface area contributed by atoms with Crippen molar-refractivity contribution < 1.29 is 32.3 Å². The van der Waals surface area contributed by atoms with Crippen LogP contribution in [0.5, 0.6) is 11.5 Å². The summed E-state index contributed by atoms with van der Waals surface area (Å²) < 4.78 is 49.2. The molecule has 1 amide bonds. The number of hydroxylamine groups is 1. The van der Waals surface area contributed by atoms with E-state index in [4.69, 9.17) is 14.7 Å². The van der Waals surface area contributed by atoms with Gasteiger partial charge in [0.05, 0.1) is 4.90 Å². The van der Waals surface area contributed by atoms with Crippen molar-refractivity contribution in [2.24, 2.45) is 0 Å². The third kappa shape index (κ3) is 3.98. The number of rotatable bonds is 7. The predicted molar refractivity (Wildman–Crippen MR) is 102 cm³/mol. The van der Waals surface area contributed by atoms with Gasteiger partial charge in [0.25, 0.3) is 5.91 Å². The summed E-state index contributed by atoms with van der Waals surface area (Å²) in [6.45, 7) is 0. The maximum atomic E-state index is 13.5. The molecule has 0 spiro atoms. The lowest BCUT2D eigenvalue weighted by atomic mass is 9.99. The molecule has 1 aliphatic carbocycles. The van der Waals surface area contributed by atoms with Gasteiger partial charge >= 0.3 is 0 Å². The van der Waals surface area contributed by atoms with Gasteiger partial charge in [0.1, 0.15) is 22.1 Å². The minimum atomic E-state index is -3.96. The summed E-state index contributed by atoms with van der Waals surface area (Å²) in [6.07, 6.45) is 0.409. The zero-order valence-electron chi connectivity index (χ0n) is 15.8.